The zero-order valence-electron chi connectivity index (χ0n) is 6.20. The molecule has 9 heteroatoms. The molecule has 0 unspecified atom stereocenters. The smallest absolute Gasteiger partial charge is 0.342 e. The first-order chi connectivity index (χ1) is 5.59. The summed E-state index contributed by atoms with van der Waals surface area (Å²) in [7, 11) is 0. The zero-order chi connectivity index (χ0) is 9.14. The van der Waals surface area contributed by atoms with Crippen LogP contribution >= 0.6 is 11.8 Å². The molecule has 0 aliphatic carbocycles. The highest BCUT2D eigenvalue weighted by atomic mass is 35.5. The van der Waals surface area contributed by atoms with Gasteiger partial charge in [-0.2, -0.15) is 5.10 Å². The van der Waals surface area contributed by atoms with Crippen LogP contribution in [0.1, 0.15) is 0 Å². The van der Waals surface area contributed by atoms with Crippen molar-refractivity contribution in [2.45, 2.75) is 5.03 Å². The van der Waals surface area contributed by atoms with E-state index in [9.17, 15) is 9.59 Å². The third kappa shape index (κ3) is 3.30. The van der Waals surface area contributed by atoms with Gasteiger partial charge in [0.15, 0.2) is 5.03 Å². The van der Waals surface area contributed by atoms with Crippen molar-refractivity contribution in [2.24, 2.45) is 5.73 Å². The quantitative estimate of drug-likeness (QED) is 0.214. The van der Waals surface area contributed by atoms with Crippen molar-refractivity contribution < 1.29 is 17.8 Å². The van der Waals surface area contributed by atoms with Crippen molar-refractivity contribution in [1.29, 1.82) is 0 Å². The molecule has 1 heterocycles. The molecule has 0 spiro atoms. The van der Waals surface area contributed by atoms with Gasteiger partial charge in [0.05, 0.1) is 0 Å². The number of amidine groups is 1. The molecular formula is C4H6ClN5O2S. The molecule has 0 aromatic carbocycles. The lowest BCUT2D eigenvalue weighted by Crippen LogP contribution is -3.00. The maximum absolute atomic E-state index is 10.9. The van der Waals surface area contributed by atoms with Crippen molar-refractivity contribution in [3.63, 3.8) is 0 Å². The summed E-state index contributed by atoms with van der Waals surface area (Å²) in [5, 5.41) is 10.6. The SMILES string of the molecule is NC(=[NH2+])Sc1n[nH]c(=O)[nH]c1=O.[Cl-]. The number of halogens is 1. The van der Waals surface area contributed by atoms with Crippen molar-refractivity contribution in [2.75, 3.05) is 0 Å². The van der Waals surface area contributed by atoms with Crippen LogP contribution in [-0.2, 0) is 0 Å². The Morgan fingerprint density at radius 3 is 2.62 bits per heavy atom. The van der Waals surface area contributed by atoms with Crippen LogP contribution in [0.3, 0.4) is 0 Å². The second-order valence-corrected chi connectivity index (χ2v) is 2.88. The van der Waals surface area contributed by atoms with Crippen molar-refractivity contribution in [3.8, 4) is 0 Å². The number of nitrogens with one attached hydrogen (secondary N) is 2. The molecule has 0 bridgehead atoms. The first-order valence-corrected chi connectivity index (χ1v) is 3.66. The van der Waals surface area contributed by atoms with Gasteiger partial charge in [0.2, 0.25) is 0 Å². The average Bonchev–Trinajstić information content (AvgIpc) is 1.94. The fourth-order valence-corrected chi connectivity index (χ4v) is 0.976. The van der Waals surface area contributed by atoms with E-state index in [-0.39, 0.29) is 22.6 Å². The molecule has 0 saturated carbocycles. The number of aromatic nitrogens is 3. The van der Waals surface area contributed by atoms with Gasteiger partial charge < -0.3 is 12.4 Å². The number of hydrogen-bond donors (Lipinski definition) is 4. The summed E-state index contributed by atoms with van der Waals surface area (Å²) < 4.78 is 0. The van der Waals surface area contributed by atoms with E-state index in [0.29, 0.717) is 0 Å². The largest absolute Gasteiger partial charge is 1.00 e. The van der Waals surface area contributed by atoms with Crippen LogP contribution < -0.4 is 34.8 Å². The number of hydrogen-bond acceptors (Lipinski definition) is 4. The van der Waals surface area contributed by atoms with Gasteiger partial charge in [-0.3, -0.25) is 20.9 Å². The third-order valence-corrected chi connectivity index (χ3v) is 1.60. The lowest BCUT2D eigenvalue weighted by Gasteiger charge is -1.89. The Balaban J connectivity index is 0.00000144. The van der Waals surface area contributed by atoms with E-state index in [1.807, 2.05) is 10.1 Å². The van der Waals surface area contributed by atoms with Crippen molar-refractivity contribution >= 4 is 16.9 Å². The summed E-state index contributed by atoms with van der Waals surface area (Å²) in [6.07, 6.45) is 0. The molecule has 0 saturated heterocycles. The van der Waals surface area contributed by atoms with Gasteiger partial charge in [0.25, 0.3) is 5.56 Å². The monoisotopic (exact) mass is 223 g/mol. The second kappa shape index (κ2) is 4.67. The van der Waals surface area contributed by atoms with E-state index >= 15 is 0 Å². The minimum absolute atomic E-state index is 0. The molecule has 1 aromatic heterocycles. The van der Waals surface area contributed by atoms with Crippen LogP contribution in [0, 0.1) is 0 Å². The molecule has 0 fully saturated rings. The molecule has 0 radical (unpaired) electrons. The molecule has 7 nitrogen and oxygen atoms in total. The van der Waals surface area contributed by atoms with Gasteiger partial charge in [-0.1, -0.05) is 0 Å². The Labute approximate surface area is 82.0 Å². The molecule has 1 aromatic rings. The first kappa shape index (κ1) is 11.7. The van der Waals surface area contributed by atoms with Crippen LogP contribution in [-0.4, -0.2) is 20.3 Å². The summed E-state index contributed by atoms with van der Waals surface area (Å²) in [6.45, 7) is 0. The fraction of sp³-hybridized carbons (Fsp3) is 0. The van der Waals surface area contributed by atoms with E-state index in [0.717, 1.165) is 11.8 Å². The summed E-state index contributed by atoms with van der Waals surface area (Å²) in [4.78, 5) is 23.3. The van der Waals surface area contributed by atoms with Gasteiger partial charge in [0.1, 0.15) is 0 Å². The minimum Gasteiger partial charge on any atom is -1.00 e. The van der Waals surface area contributed by atoms with Crippen LogP contribution in [0.2, 0.25) is 0 Å². The van der Waals surface area contributed by atoms with Gasteiger partial charge >= 0.3 is 10.9 Å². The maximum atomic E-state index is 10.9. The Morgan fingerprint density at radius 2 is 2.15 bits per heavy atom. The zero-order valence-corrected chi connectivity index (χ0v) is 7.78. The number of aromatic amines is 2. The molecule has 6 N–H and O–H groups in total. The van der Waals surface area contributed by atoms with Crippen molar-refractivity contribution in [1.82, 2.24) is 15.2 Å². The normalized spacial score (nSPS) is 8.92. The molecular weight excluding hydrogens is 218 g/mol. The van der Waals surface area contributed by atoms with Gasteiger partial charge in [-0.25, -0.2) is 9.89 Å². The molecule has 0 aliphatic rings. The van der Waals surface area contributed by atoms with E-state index in [1.165, 1.54) is 0 Å². The summed E-state index contributed by atoms with van der Waals surface area (Å²) >= 11 is 0.781. The highest BCUT2D eigenvalue weighted by molar-refractivity contribution is 8.13. The lowest BCUT2D eigenvalue weighted by atomic mass is 10.8. The minimum atomic E-state index is -0.667. The molecule has 0 atom stereocenters. The Morgan fingerprint density at radius 1 is 1.54 bits per heavy atom. The van der Waals surface area contributed by atoms with Crippen molar-refractivity contribution in [3.05, 3.63) is 20.8 Å². The molecule has 1 rings (SSSR count). The lowest BCUT2D eigenvalue weighted by molar-refractivity contribution is -0.110. The van der Waals surface area contributed by atoms with E-state index in [4.69, 9.17) is 11.1 Å². The van der Waals surface area contributed by atoms with Crippen LogP contribution in [0.25, 0.3) is 0 Å². The predicted molar refractivity (Wildman–Crippen MR) is 42.5 cm³/mol. The number of rotatable bonds is 1. The molecule has 13 heavy (non-hydrogen) atoms. The molecule has 0 amide bonds. The number of thioether (sulfide) groups is 1. The summed E-state index contributed by atoms with van der Waals surface area (Å²) in [5.41, 5.74) is 3.82. The maximum Gasteiger partial charge on any atom is 0.342 e. The van der Waals surface area contributed by atoms with Gasteiger partial charge in [-0.15, -0.1) is 0 Å². The van der Waals surface area contributed by atoms with Gasteiger partial charge in [0, 0.05) is 11.8 Å². The Bertz CT molecular complexity index is 411. The standard InChI is InChI=1S/C4H5N5O2S.ClH/c5-3(6)12-2-1(10)7-4(11)9-8-2;/h(H3,5,6)(H2,7,9,10,11);1H. The molecule has 72 valence electrons. The fourth-order valence-electron chi connectivity index (χ4n) is 0.518. The van der Waals surface area contributed by atoms with Gasteiger partial charge in [-0.05, 0) is 0 Å². The topological polar surface area (TPSA) is 130 Å². The first-order valence-electron chi connectivity index (χ1n) is 2.84. The number of H-pyrrole nitrogens is 2. The number of nitrogens with two attached hydrogens (primary N) is 2. The van der Waals surface area contributed by atoms with E-state index < -0.39 is 11.2 Å². The van der Waals surface area contributed by atoms with Crippen LogP contribution in [0.5, 0.6) is 0 Å². The second-order valence-electron chi connectivity index (χ2n) is 1.82. The highest BCUT2D eigenvalue weighted by Gasteiger charge is 2.07. The predicted octanol–water partition coefficient (Wildman–Crippen LogP) is -6.37. The third-order valence-electron chi connectivity index (χ3n) is 0.895. The Kier molecular flexibility index (Phi) is 4.21. The van der Waals surface area contributed by atoms with Crippen LogP contribution in [0.15, 0.2) is 14.6 Å². The Hall–Kier alpha value is -1.28. The van der Waals surface area contributed by atoms with E-state index in [1.54, 1.807) is 0 Å². The average molecular weight is 224 g/mol. The van der Waals surface area contributed by atoms with E-state index in [2.05, 4.69) is 5.10 Å². The highest BCUT2D eigenvalue weighted by Crippen LogP contribution is 2.03. The molecule has 0 aliphatic heterocycles. The number of nitrogens with zero attached hydrogens (tertiary/aromatic N) is 1. The summed E-state index contributed by atoms with van der Waals surface area (Å²) in [5.74, 6) is 0. The summed E-state index contributed by atoms with van der Waals surface area (Å²) in [6, 6.07) is 0. The van der Waals surface area contributed by atoms with Crippen LogP contribution in [0.4, 0.5) is 0 Å².